The molecule has 0 radical (unpaired) electrons. The van der Waals surface area contributed by atoms with Gasteiger partial charge in [-0.15, -0.1) is 0 Å². The number of halogens is 1. The minimum absolute atomic E-state index is 0.269. The van der Waals surface area contributed by atoms with Gasteiger partial charge < -0.3 is 10.2 Å². The molecule has 4 N–H and O–H groups in total. The quantitative estimate of drug-likeness (QED) is 0.0863. The monoisotopic (exact) mass is 701 g/mol. The number of nitrogens with zero attached hydrogens (tertiary/aromatic N) is 1. The number of allylic oxidation sites excluding steroid dienone is 9. The van der Waals surface area contributed by atoms with Crippen LogP contribution >= 0.6 is 11.6 Å². The Hall–Kier alpha value is -2.99. The maximum Gasteiger partial charge on any atom is 0.265 e. The first kappa shape index (κ1) is 36.8. The number of anilines is 1. The Labute approximate surface area is 285 Å². The average Bonchev–Trinajstić information content (AvgIpc) is 3.44. The summed E-state index contributed by atoms with van der Waals surface area (Å²) in [6.45, 7) is 13.9. The SMILES string of the molecule is C=C(C=CC1=C(Cl)C(=CC=C2N(CCCS(=O)(=O)O)c3ccccc3C2(C)C)CC1)C(C)(C)c1ccccc1[NH2+]CCCS(=O)(=O)O. The van der Waals surface area contributed by atoms with Gasteiger partial charge in [-0.2, -0.15) is 16.8 Å². The minimum Gasteiger partial charge on any atom is -0.344 e. The van der Waals surface area contributed by atoms with Crippen LogP contribution in [0, 0.1) is 0 Å². The van der Waals surface area contributed by atoms with E-state index < -0.39 is 25.7 Å². The molecule has 8 nitrogen and oxygen atoms in total. The lowest BCUT2D eigenvalue weighted by molar-refractivity contribution is -0.572. The molecule has 0 bridgehead atoms. The third kappa shape index (κ3) is 9.13. The predicted octanol–water partition coefficient (Wildman–Crippen LogP) is 6.72. The van der Waals surface area contributed by atoms with Gasteiger partial charge in [-0.05, 0) is 59.8 Å². The van der Waals surface area contributed by atoms with Crippen LogP contribution in [0.15, 0.2) is 107 Å². The molecule has 0 aromatic heterocycles. The maximum absolute atomic E-state index is 11.4. The van der Waals surface area contributed by atoms with Gasteiger partial charge in [0.25, 0.3) is 20.2 Å². The lowest BCUT2D eigenvalue weighted by atomic mass is 9.77. The molecule has 2 aromatic rings. The van der Waals surface area contributed by atoms with Crippen LogP contribution in [0.2, 0.25) is 0 Å². The van der Waals surface area contributed by atoms with E-state index in [0.717, 1.165) is 57.8 Å². The number of benzene rings is 2. The smallest absolute Gasteiger partial charge is 0.265 e. The molecule has 0 unspecified atom stereocenters. The fraction of sp³-hybridized carbons (Fsp3) is 0.389. The molecule has 0 atom stereocenters. The van der Waals surface area contributed by atoms with E-state index >= 15 is 0 Å². The van der Waals surface area contributed by atoms with Gasteiger partial charge in [0.1, 0.15) is 5.69 Å². The molecular weight excluding hydrogens is 656 g/mol. The number of hydrogen-bond acceptors (Lipinski definition) is 5. The molecule has 11 heteroatoms. The first-order valence-electron chi connectivity index (χ1n) is 15.8. The van der Waals surface area contributed by atoms with E-state index in [1.807, 2.05) is 53.9 Å². The van der Waals surface area contributed by atoms with Crippen LogP contribution < -0.4 is 10.2 Å². The number of para-hydroxylation sites is 2. The second-order valence-electron chi connectivity index (χ2n) is 13.2. The molecule has 47 heavy (non-hydrogen) atoms. The highest BCUT2D eigenvalue weighted by Gasteiger charge is 2.39. The molecule has 0 spiro atoms. The van der Waals surface area contributed by atoms with Crippen LogP contribution in [0.5, 0.6) is 0 Å². The Morgan fingerprint density at radius 1 is 0.979 bits per heavy atom. The Morgan fingerprint density at radius 3 is 2.32 bits per heavy atom. The summed E-state index contributed by atoms with van der Waals surface area (Å²) in [4.78, 5) is 2.14. The van der Waals surface area contributed by atoms with Crippen molar-refractivity contribution >= 4 is 43.2 Å². The van der Waals surface area contributed by atoms with Crippen LogP contribution in [0.4, 0.5) is 11.4 Å². The molecule has 2 aromatic carbocycles. The summed E-state index contributed by atoms with van der Waals surface area (Å²) in [7, 11) is -8.03. The van der Waals surface area contributed by atoms with E-state index in [9.17, 15) is 21.4 Å². The van der Waals surface area contributed by atoms with Gasteiger partial charge in [0.15, 0.2) is 0 Å². The molecule has 1 aliphatic carbocycles. The summed E-state index contributed by atoms with van der Waals surface area (Å²) in [5, 5.41) is 2.71. The lowest BCUT2D eigenvalue weighted by Gasteiger charge is -2.27. The molecular formula is C36H46ClN2O6S2+. The topological polar surface area (TPSA) is 129 Å². The van der Waals surface area contributed by atoms with E-state index in [1.54, 1.807) is 0 Å². The Morgan fingerprint density at radius 2 is 1.62 bits per heavy atom. The van der Waals surface area contributed by atoms with Crippen molar-refractivity contribution in [3.63, 3.8) is 0 Å². The third-order valence-corrected chi connectivity index (χ3v) is 11.2. The Balaban J connectivity index is 1.52. The highest BCUT2D eigenvalue weighted by molar-refractivity contribution is 7.86. The largest absolute Gasteiger partial charge is 0.344 e. The van der Waals surface area contributed by atoms with Crippen molar-refractivity contribution in [2.45, 2.75) is 64.2 Å². The average molecular weight is 702 g/mol. The van der Waals surface area contributed by atoms with Gasteiger partial charge >= 0.3 is 0 Å². The zero-order valence-corrected chi connectivity index (χ0v) is 29.9. The van der Waals surface area contributed by atoms with E-state index in [2.05, 4.69) is 63.5 Å². The Bertz CT molecular complexity index is 1850. The summed E-state index contributed by atoms with van der Waals surface area (Å²) in [5.74, 6) is -0.567. The van der Waals surface area contributed by atoms with Crippen LogP contribution in [0.25, 0.3) is 0 Å². The number of hydrogen-bond donors (Lipinski definition) is 3. The Kier molecular flexibility index (Phi) is 11.5. The van der Waals surface area contributed by atoms with Crippen molar-refractivity contribution in [3.8, 4) is 0 Å². The molecule has 0 amide bonds. The number of fused-ring (bicyclic) bond motifs is 1. The summed E-state index contributed by atoms with van der Waals surface area (Å²) in [6.07, 6.45) is 10.4. The van der Waals surface area contributed by atoms with Gasteiger partial charge in [0, 0.05) is 45.8 Å². The molecule has 254 valence electrons. The van der Waals surface area contributed by atoms with Crippen LogP contribution in [-0.4, -0.2) is 50.5 Å². The molecule has 4 rings (SSSR count). The van der Waals surface area contributed by atoms with Crippen molar-refractivity contribution in [2.24, 2.45) is 0 Å². The molecule has 1 heterocycles. The molecule has 0 saturated carbocycles. The van der Waals surface area contributed by atoms with Gasteiger partial charge in [-0.25, -0.2) is 0 Å². The zero-order valence-electron chi connectivity index (χ0n) is 27.5. The highest BCUT2D eigenvalue weighted by Crippen LogP contribution is 2.48. The fourth-order valence-electron chi connectivity index (χ4n) is 6.32. The van der Waals surface area contributed by atoms with Crippen molar-refractivity contribution in [1.82, 2.24) is 0 Å². The van der Waals surface area contributed by atoms with Crippen molar-refractivity contribution in [3.05, 3.63) is 118 Å². The number of quaternary nitrogens is 1. The minimum atomic E-state index is -4.05. The number of rotatable bonds is 14. The zero-order chi connectivity index (χ0) is 34.6. The third-order valence-electron chi connectivity index (χ3n) is 9.15. The van der Waals surface area contributed by atoms with Crippen LogP contribution in [0.1, 0.15) is 64.5 Å². The highest BCUT2D eigenvalue weighted by atomic mass is 35.5. The van der Waals surface area contributed by atoms with Crippen molar-refractivity contribution in [1.29, 1.82) is 0 Å². The van der Waals surface area contributed by atoms with Crippen molar-refractivity contribution < 1.29 is 31.3 Å². The van der Waals surface area contributed by atoms with E-state index in [1.165, 1.54) is 0 Å². The standard InChI is InChI=1S/C36H45ClN2O6S2/c1-26(35(2,3)29-12-6-8-14-31(29)38-22-10-24-46(40,41)42)16-17-27-18-19-28(34(27)37)20-21-33-36(4,5)30-13-7-9-15-32(30)39(33)23-11-25-47(43,44)45/h6-9,12-17,20-21,38H,1,10-11,18-19,22-25H2,2-5H3,(H,40,41,42)(H,43,44,45)/p+1. The van der Waals surface area contributed by atoms with Gasteiger partial charge in [-0.3, -0.25) is 9.11 Å². The second kappa shape index (κ2) is 14.6. The first-order chi connectivity index (χ1) is 21.9. The van der Waals surface area contributed by atoms with E-state index in [0.29, 0.717) is 31.0 Å². The van der Waals surface area contributed by atoms with Gasteiger partial charge in [0.05, 0.1) is 18.1 Å². The van der Waals surface area contributed by atoms with Gasteiger partial charge in [0.2, 0.25) is 0 Å². The van der Waals surface area contributed by atoms with E-state index in [4.69, 9.17) is 16.2 Å². The second-order valence-corrected chi connectivity index (χ2v) is 16.7. The van der Waals surface area contributed by atoms with Crippen LogP contribution in [-0.2, 0) is 31.1 Å². The predicted molar refractivity (Wildman–Crippen MR) is 191 cm³/mol. The molecule has 1 aliphatic heterocycles. The summed E-state index contributed by atoms with van der Waals surface area (Å²) in [5.41, 5.74) is 7.54. The summed E-state index contributed by atoms with van der Waals surface area (Å²) < 4.78 is 63.3. The van der Waals surface area contributed by atoms with Crippen molar-refractivity contribution in [2.75, 3.05) is 29.5 Å². The first-order valence-corrected chi connectivity index (χ1v) is 19.4. The normalized spacial score (nSPS) is 18.6. The number of nitrogens with two attached hydrogens (primary N) is 1. The van der Waals surface area contributed by atoms with E-state index in [-0.39, 0.29) is 16.9 Å². The summed E-state index contributed by atoms with van der Waals surface area (Å²) >= 11 is 6.93. The van der Waals surface area contributed by atoms with Gasteiger partial charge in [-0.1, -0.05) is 101 Å². The summed E-state index contributed by atoms with van der Waals surface area (Å²) in [6, 6.07) is 16.1. The molecule has 2 aliphatic rings. The molecule has 0 saturated heterocycles. The molecule has 0 fully saturated rings. The maximum atomic E-state index is 11.4. The van der Waals surface area contributed by atoms with Crippen LogP contribution in [0.3, 0.4) is 0 Å². The fourth-order valence-corrected chi connectivity index (χ4v) is 7.66. The lowest BCUT2D eigenvalue weighted by Crippen LogP contribution is -2.78.